The number of rotatable bonds is 3. The molecule has 0 radical (unpaired) electrons. The summed E-state index contributed by atoms with van der Waals surface area (Å²) in [6, 6.07) is 3.41. The van der Waals surface area contributed by atoms with Gasteiger partial charge in [0, 0.05) is 26.0 Å². The molecule has 1 N–H and O–H groups in total. The molecule has 0 aliphatic heterocycles. The maximum Gasteiger partial charge on any atom is 0.322 e. The summed E-state index contributed by atoms with van der Waals surface area (Å²) < 4.78 is 8.58. The lowest BCUT2D eigenvalue weighted by Gasteiger charge is -1.95. The van der Waals surface area contributed by atoms with E-state index in [0.29, 0.717) is 5.69 Å². The SMILES string of the molecule is Cc1cc(C(=O)Nc2nnc(-c3ccn(C)n3)o2)nn1C. The van der Waals surface area contributed by atoms with Crippen LogP contribution in [0.15, 0.2) is 22.7 Å². The Morgan fingerprint density at radius 3 is 2.71 bits per heavy atom. The molecule has 0 saturated heterocycles. The second-order valence-electron chi connectivity index (χ2n) is 4.54. The Hall–Kier alpha value is -2.97. The van der Waals surface area contributed by atoms with Crippen LogP contribution in [0.25, 0.3) is 11.6 Å². The zero-order valence-corrected chi connectivity index (χ0v) is 11.7. The van der Waals surface area contributed by atoms with E-state index in [9.17, 15) is 4.79 Å². The quantitative estimate of drug-likeness (QED) is 0.762. The van der Waals surface area contributed by atoms with Crippen molar-refractivity contribution in [2.75, 3.05) is 5.32 Å². The predicted molar refractivity (Wildman–Crippen MR) is 72.4 cm³/mol. The van der Waals surface area contributed by atoms with Crippen molar-refractivity contribution in [3.63, 3.8) is 0 Å². The van der Waals surface area contributed by atoms with Gasteiger partial charge in [-0.3, -0.25) is 19.5 Å². The van der Waals surface area contributed by atoms with Crippen LogP contribution in [0.3, 0.4) is 0 Å². The van der Waals surface area contributed by atoms with E-state index in [4.69, 9.17) is 4.42 Å². The molecular weight excluding hydrogens is 274 g/mol. The number of hydrogen-bond acceptors (Lipinski definition) is 6. The van der Waals surface area contributed by atoms with Crippen LogP contribution in [0.4, 0.5) is 6.01 Å². The monoisotopic (exact) mass is 287 g/mol. The van der Waals surface area contributed by atoms with Crippen LogP contribution < -0.4 is 5.32 Å². The molecule has 9 nitrogen and oxygen atoms in total. The minimum atomic E-state index is -0.407. The third-order valence-corrected chi connectivity index (χ3v) is 2.92. The first kappa shape index (κ1) is 13.0. The number of nitrogens with one attached hydrogen (secondary N) is 1. The second kappa shape index (κ2) is 4.85. The van der Waals surface area contributed by atoms with Gasteiger partial charge in [0.2, 0.25) is 0 Å². The molecule has 3 aromatic heterocycles. The summed E-state index contributed by atoms with van der Waals surface area (Å²) in [4.78, 5) is 12.0. The van der Waals surface area contributed by atoms with Crippen LogP contribution in [-0.4, -0.2) is 35.7 Å². The molecule has 0 aliphatic carbocycles. The highest BCUT2D eigenvalue weighted by Gasteiger charge is 2.16. The van der Waals surface area contributed by atoms with Gasteiger partial charge in [-0.15, -0.1) is 5.10 Å². The van der Waals surface area contributed by atoms with E-state index < -0.39 is 5.91 Å². The molecule has 0 aromatic carbocycles. The number of carbonyl (C=O) groups excluding carboxylic acids is 1. The van der Waals surface area contributed by atoms with Crippen LogP contribution in [-0.2, 0) is 14.1 Å². The van der Waals surface area contributed by atoms with Gasteiger partial charge in [-0.2, -0.15) is 10.2 Å². The van der Waals surface area contributed by atoms with Gasteiger partial charge in [-0.1, -0.05) is 5.10 Å². The number of hydrogen-bond donors (Lipinski definition) is 1. The summed E-state index contributed by atoms with van der Waals surface area (Å²) in [5.74, 6) is -0.168. The number of aromatic nitrogens is 6. The molecule has 3 aromatic rings. The van der Waals surface area contributed by atoms with Crippen molar-refractivity contribution in [3.05, 3.63) is 29.7 Å². The summed E-state index contributed by atoms with van der Waals surface area (Å²) in [5, 5.41) is 18.3. The first-order chi connectivity index (χ1) is 10.0. The molecule has 3 heterocycles. The minimum absolute atomic E-state index is 0.00367. The molecule has 1 amide bonds. The Balaban J connectivity index is 1.76. The number of aryl methyl sites for hydroxylation is 3. The van der Waals surface area contributed by atoms with E-state index in [1.165, 1.54) is 0 Å². The molecule has 0 fully saturated rings. The Morgan fingerprint density at radius 2 is 2.10 bits per heavy atom. The minimum Gasteiger partial charge on any atom is -0.401 e. The lowest BCUT2D eigenvalue weighted by atomic mass is 10.3. The zero-order chi connectivity index (χ0) is 15.0. The predicted octanol–water partition coefficient (Wildman–Crippen LogP) is 0.764. The smallest absolute Gasteiger partial charge is 0.322 e. The van der Waals surface area contributed by atoms with Crippen LogP contribution in [0.5, 0.6) is 0 Å². The van der Waals surface area contributed by atoms with Crippen molar-refractivity contribution < 1.29 is 9.21 Å². The number of nitrogens with zero attached hydrogens (tertiary/aromatic N) is 6. The summed E-state index contributed by atoms with van der Waals surface area (Å²) in [6.45, 7) is 1.86. The average Bonchev–Trinajstić information content (AvgIpc) is 3.12. The molecule has 0 atom stereocenters. The van der Waals surface area contributed by atoms with Crippen molar-refractivity contribution >= 4 is 11.9 Å². The van der Waals surface area contributed by atoms with Gasteiger partial charge in [0.1, 0.15) is 5.69 Å². The highest BCUT2D eigenvalue weighted by atomic mass is 16.4. The highest BCUT2D eigenvalue weighted by molar-refractivity contribution is 6.01. The molecule has 108 valence electrons. The van der Waals surface area contributed by atoms with E-state index in [0.717, 1.165) is 5.69 Å². The molecular formula is C12H13N7O2. The van der Waals surface area contributed by atoms with E-state index >= 15 is 0 Å². The molecule has 0 unspecified atom stereocenters. The summed E-state index contributed by atoms with van der Waals surface area (Å²) in [5.41, 5.74) is 1.70. The molecule has 0 saturated carbocycles. The molecule has 3 rings (SSSR count). The Morgan fingerprint density at radius 1 is 1.29 bits per heavy atom. The van der Waals surface area contributed by atoms with Crippen molar-refractivity contribution in [1.29, 1.82) is 0 Å². The third-order valence-electron chi connectivity index (χ3n) is 2.92. The summed E-state index contributed by atoms with van der Waals surface area (Å²) in [6.07, 6.45) is 1.76. The first-order valence-corrected chi connectivity index (χ1v) is 6.18. The first-order valence-electron chi connectivity index (χ1n) is 6.18. The Labute approximate surface area is 119 Å². The van der Waals surface area contributed by atoms with E-state index in [1.54, 1.807) is 41.8 Å². The Bertz CT molecular complexity index is 779. The van der Waals surface area contributed by atoms with Crippen LogP contribution in [0.2, 0.25) is 0 Å². The van der Waals surface area contributed by atoms with Gasteiger partial charge >= 0.3 is 6.01 Å². The average molecular weight is 287 g/mol. The second-order valence-corrected chi connectivity index (χ2v) is 4.54. The lowest BCUT2D eigenvalue weighted by molar-refractivity contribution is 0.101. The largest absolute Gasteiger partial charge is 0.401 e. The van der Waals surface area contributed by atoms with Crippen LogP contribution in [0, 0.1) is 6.92 Å². The van der Waals surface area contributed by atoms with E-state index in [2.05, 4.69) is 25.7 Å². The number of carbonyl (C=O) groups is 1. The molecule has 0 aliphatic rings. The normalized spacial score (nSPS) is 10.8. The van der Waals surface area contributed by atoms with Crippen LogP contribution in [0.1, 0.15) is 16.2 Å². The lowest BCUT2D eigenvalue weighted by Crippen LogP contribution is -2.13. The fourth-order valence-electron chi connectivity index (χ4n) is 1.74. The van der Waals surface area contributed by atoms with Crippen molar-refractivity contribution in [3.8, 4) is 11.6 Å². The topological polar surface area (TPSA) is 104 Å². The van der Waals surface area contributed by atoms with E-state index in [1.807, 2.05) is 6.92 Å². The van der Waals surface area contributed by atoms with Gasteiger partial charge in [-0.05, 0) is 19.1 Å². The van der Waals surface area contributed by atoms with E-state index in [-0.39, 0.29) is 17.6 Å². The summed E-state index contributed by atoms with van der Waals surface area (Å²) in [7, 11) is 3.55. The fraction of sp³-hybridized carbons (Fsp3) is 0.250. The summed E-state index contributed by atoms with van der Waals surface area (Å²) >= 11 is 0. The standard InChI is InChI=1S/C12H13N7O2/c1-7-6-9(17-19(7)3)10(20)13-12-15-14-11(21-12)8-4-5-18(2)16-8/h4-6H,1-3H3,(H,13,15,20). The van der Waals surface area contributed by atoms with Gasteiger partial charge in [0.25, 0.3) is 11.8 Å². The zero-order valence-electron chi connectivity index (χ0n) is 11.7. The maximum absolute atomic E-state index is 12.0. The maximum atomic E-state index is 12.0. The third kappa shape index (κ3) is 2.53. The molecule has 21 heavy (non-hydrogen) atoms. The van der Waals surface area contributed by atoms with Crippen molar-refractivity contribution in [2.45, 2.75) is 6.92 Å². The van der Waals surface area contributed by atoms with Crippen molar-refractivity contribution in [1.82, 2.24) is 29.8 Å². The van der Waals surface area contributed by atoms with Gasteiger partial charge in [0.05, 0.1) is 0 Å². The fourth-order valence-corrected chi connectivity index (χ4v) is 1.74. The van der Waals surface area contributed by atoms with Gasteiger partial charge < -0.3 is 4.42 Å². The Kier molecular flexibility index (Phi) is 3.01. The molecule has 0 bridgehead atoms. The number of anilines is 1. The van der Waals surface area contributed by atoms with Gasteiger partial charge in [-0.25, -0.2) is 0 Å². The molecule has 0 spiro atoms. The highest BCUT2D eigenvalue weighted by Crippen LogP contribution is 2.17. The van der Waals surface area contributed by atoms with Crippen molar-refractivity contribution in [2.24, 2.45) is 14.1 Å². The number of amides is 1. The molecule has 9 heteroatoms. The van der Waals surface area contributed by atoms with Gasteiger partial charge in [0.15, 0.2) is 5.69 Å². The van der Waals surface area contributed by atoms with Crippen LogP contribution >= 0.6 is 0 Å².